The smallest absolute Gasteiger partial charge is 0.355 e. The Morgan fingerprint density at radius 1 is 0.894 bits per heavy atom. The molecule has 1 fully saturated rings. The molecule has 0 unspecified atom stereocenters. The molecule has 2 aliphatic heterocycles. The maximum Gasteiger partial charge on any atom is 0.355 e. The monoisotopic (exact) mass is 916 g/mol. The van der Waals surface area contributed by atoms with Crippen LogP contribution in [0.5, 0.6) is 5.75 Å². The van der Waals surface area contributed by atoms with Crippen LogP contribution in [-0.2, 0) is 49.2 Å². The van der Waals surface area contributed by atoms with Crippen molar-refractivity contribution in [3.63, 3.8) is 0 Å². The van der Waals surface area contributed by atoms with E-state index in [4.69, 9.17) is 19.3 Å². The van der Waals surface area contributed by atoms with Gasteiger partial charge in [-0.1, -0.05) is 120 Å². The number of thioether (sulfide) groups is 1. The van der Waals surface area contributed by atoms with Crippen LogP contribution in [0.1, 0.15) is 27.9 Å². The number of nitriles is 1. The van der Waals surface area contributed by atoms with Crippen molar-refractivity contribution in [2.45, 2.75) is 36.7 Å². The lowest BCUT2D eigenvalue weighted by atomic mass is 9.77. The molecule has 7 aromatic rings. The number of aromatic nitrogens is 4. The highest BCUT2D eigenvalue weighted by molar-refractivity contribution is 8.00. The number of oxime groups is 1. The van der Waals surface area contributed by atoms with E-state index in [1.807, 2.05) is 78.9 Å². The third-order valence-corrected chi connectivity index (χ3v) is 13.4. The minimum absolute atomic E-state index is 0.0229. The zero-order valence-corrected chi connectivity index (χ0v) is 37.4. The van der Waals surface area contributed by atoms with Gasteiger partial charge in [0.05, 0.1) is 12.3 Å². The summed E-state index contributed by atoms with van der Waals surface area (Å²) >= 11 is 2.69. The fourth-order valence-electron chi connectivity index (χ4n) is 8.23. The molecule has 5 aromatic carbocycles. The largest absolute Gasteiger partial charge is 0.497 e. The Kier molecular flexibility index (Phi) is 12.6. The Morgan fingerprint density at radius 3 is 2.15 bits per heavy atom. The number of methoxy groups -OCH3 is 1. The van der Waals surface area contributed by atoms with E-state index >= 15 is 0 Å². The lowest BCUT2D eigenvalue weighted by Crippen LogP contribution is -2.71. The van der Waals surface area contributed by atoms with Crippen LogP contribution in [0.25, 0.3) is 11.0 Å². The van der Waals surface area contributed by atoms with Gasteiger partial charge in [-0.05, 0) is 46.5 Å². The van der Waals surface area contributed by atoms with E-state index in [1.165, 1.54) is 35.1 Å². The van der Waals surface area contributed by atoms with Crippen LogP contribution in [0.15, 0.2) is 161 Å². The third kappa shape index (κ3) is 8.35. The second-order valence-electron chi connectivity index (χ2n) is 15.2. The molecule has 2 aromatic heterocycles. The molecule has 1 saturated heterocycles. The molecule has 66 heavy (non-hydrogen) atoms. The highest BCUT2D eigenvalue weighted by Gasteiger charge is 2.55. The van der Waals surface area contributed by atoms with Gasteiger partial charge in [-0.2, -0.15) is 5.26 Å². The number of amides is 2. The minimum atomic E-state index is -1.02. The molecule has 17 heteroatoms. The number of thiazole rings is 1. The highest BCUT2D eigenvalue weighted by Crippen LogP contribution is 2.42. The van der Waals surface area contributed by atoms with Gasteiger partial charge in [0.15, 0.2) is 28.4 Å². The number of β-lactam (4-membered cyclic amide) rings is 1. The maximum atomic E-state index is 14.3. The number of esters is 1. The number of fused-ring (bicyclic) bond motifs is 2. The predicted octanol–water partition coefficient (Wildman–Crippen LogP) is 6.16. The number of para-hydroxylation sites is 2. The number of benzene rings is 5. The second kappa shape index (κ2) is 19.1. The average molecular weight is 917 g/mol. The molecule has 2 atom stereocenters. The first-order chi connectivity index (χ1) is 32.3. The van der Waals surface area contributed by atoms with Gasteiger partial charge in [0, 0.05) is 16.7 Å². The van der Waals surface area contributed by atoms with Gasteiger partial charge in [-0.15, -0.1) is 32.5 Å². The van der Waals surface area contributed by atoms with Crippen LogP contribution in [0.2, 0.25) is 0 Å². The van der Waals surface area contributed by atoms with E-state index in [-0.39, 0.29) is 36.8 Å². The van der Waals surface area contributed by atoms with E-state index in [0.29, 0.717) is 22.2 Å². The third-order valence-electron chi connectivity index (χ3n) is 11.3. The van der Waals surface area contributed by atoms with Crippen LogP contribution in [-0.4, -0.2) is 74.7 Å². The number of carbonyl (C=O) groups excluding carboxylic acids is 3. The van der Waals surface area contributed by atoms with Gasteiger partial charge in [-0.25, -0.2) is 9.78 Å². The summed E-state index contributed by atoms with van der Waals surface area (Å²) in [6.07, 6.45) is 0. The Bertz CT molecular complexity index is 2910. The topological polar surface area (TPSA) is 177 Å². The molecule has 0 saturated carbocycles. The van der Waals surface area contributed by atoms with Gasteiger partial charge in [-0.3, -0.25) is 14.5 Å². The molecule has 0 radical (unpaired) electrons. The van der Waals surface area contributed by atoms with Crippen molar-refractivity contribution in [3.8, 4) is 11.8 Å². The number of anilines is 1. The van der Waals surface area contributed by atoms with Gasteiger partial charge in [0.1, 0.15) is 60.4 Å². The summed E-state index contributed by atoms with van der Waals surface area (Å²) in [5, 5.41) is 26.4. The molecule has 4 heterocycles. The molecule has 0 spiro atoms. The SMILES string of the molecule is CO/N=C(\C(=O)N[C@@H]1C(=O)N2C(C(=O)OCc3ccc(OC)cc3)=C(C[n+]3nn(CC#N)c4ccccc43)CS[C@H]12)c1csc(NC(c2ccccc2)(c2ccccc2)c2ccccc2)n1. The minimum Gasteiger partial charge on any atom is -0.497 e. The molecular weight excluding hydrogens is 875 g/mol. The Hall–Kier alpha value is -7.81. The fourth-order valence-corrected chi connectivity index (χ4v) is 10.3. The number of hydrogen-bond acceptors (Lipinski definition) is 13. The zero-order valence-electron chi connectivity index (χ0n) is 35.7. The molecule has 330 valence electrons. The number of hydrogen-bond donors (Lipinski definition) is 2. The van der Waals surface area contributed by atoms with E-state index in [2.05, 4.69) is 63.5 Å². The molecule has 2 aliphatic rings. The predicted molar refractivity (Wildman–Crippen MR) is 249 cm³/mol. The van der Waals surface area contributed by atoms with E-state index in [9.17, 15) is 19.6 Å². The number of nitrogens with one attached hydrogen (secondary N) is 2. The van der Waals surface area contributed by atoms with E-state index in [0.717, 1.165) is 33.3 Å². The Labute approximate surface area is 387 Å². The van der Waals surface area contributed by atoms with Crippen molar-refractivity contribution >= 4 is 62.8 Å². The normalized spacial score (nSPS) is 15.9. The molecule has 15 nitrogen and oxygen atoms in total. The number of nitrogens with zero attached hydrogens (tertiary/aromatic N) is 7. The van der Waals surface area contributed by atoms with E-state index in [1.54, 1.807) is 46.1 Å². The Balaban J connectivity index is 0.984. The highest BCUT2D eigenvalue weighted by atomic mass is 32.2. The Morgan fingerprint density at radius 2 is 1.53 bits per heavy atom. The van der Waals surface area contributed by atoms with Crippen molar-refractivity contribution in [1.82, 2.24) is 25.1 Å². The summed E-state index contributed by atoms with van der Waals surface area (Å²) in [4.78, 5) is 54.1. The van der Waals surface area contributed by atoms with Gasteiger partial charge in [0.25, 0.3) is 11.8 Å². The molecule has 9 rings (SSSR count). The summed E-state index contributed by atoms with van der Waals surface area (Å²) < 4.78 is 14.4. The van der Waals surface area contributed by atoms with Crippen LogP contribution in [0.3, 0.4) is 0 Å². The fraction of sp³-hybridized carbons (Fsp3) is 0.184. The standard InChI is InChI=1S/C49H41N9O6S2/c1-62-37-24-22-32(23-25-37)29-64-47(61)43-33(28-57-40-21-13-12-20-39(40)56(55-57)27-26-50)30-65-46-42(45(60)58(43)46)52-44(59)41(54-63-2)38-31-66-48(51-38)53-49(34-14-6-3-7-15-34,35-16-8-4-9-17-35)36-18-10-5-11-19-36/h3-25,31,42,46H,27-30H2,1-2H3,(H-,51,52,53,59)/p+1/b54-41-/t42-,46-/m1/s1. The number of rotatable bonds is 16. The van der Waals surface area contributed by atoms with Crippen molar-refractivity contribution in [1.29, 1.82) is 5.26 Å². The quantitative estimate of drug-likeness (QED) is 0.0283. The van der Waals surface area contributed by atoms with Crippen LogP contribution >= 0.6 is 23.1 Å². The van der Waals surface area contributed by atoms with Crippen LogP contribution in [0.4, 0.5) is 5.13 Å². The van der Waals surface area contributed by atoms with E-state index < -0.39 is 34.7 Å². The van der Waals surface area contributed by atoms with Crippen molar-refractivity contribution in [3.05, 3.63) is 184 Å². The molecule has 0 aliphatic carbocycles. The zero-order chi connectivity index (χ0) is 45.6. The number of ether oxygens (including phenoxy) is 2. The maximum absolute atomic E-state index is 14.3. The first-order valence-electron chi connectivity index (χ1n) is 20.8. The molecule has 2 N–H and O–H groups in total. The molecule has 0 bridgehead atoms. The van der Waals surface area contributed by atoms with Gasteiger partial charge in [0.2, 0.25) is 0 Å². The first-order valence-corrected chi connectivity index (χ1v) is 22.8. The second-order valence-corrected chi connectivity index (χ2v) is 17.2. The summed E-state index contributed by atoms with van der Waals surface area (Å²) in [5.74, 6) is -0.922. The summed E-state index contributed by atoms with van der Waals surface area (Å²) in [6.45, 7) is 0.101. The number of carbonyl (C=O) groups is 3. The summed E-state index contributed by atoms with van der Waals surface area (Å²) in [6, 6.07) is 45.9. The van der Waals surface area contributed by atoms with Crippen molar-refractivity contribution < 1.29 is 33.4 Å². The summed E-state index contributed by atoms with van der Waals surface area (Å²) in [5.41, 5.74) is 5.03. The molecule has 2 amide bonds. The van der Waals surface area contributed by atoms with Crippen molar-refractivity contribution in [2.24, 2.45) is 5.16 Å². The van der Waals surface area contributed by atoms with Crippen LogP contribution < -0.4 is 20.1 Å². The van der Waals surface area contributed by atoms with Gasteiger partial charge >= 0.3 is 5.97 Å². The molecular formula is C49H42N9O6S2+. The van der Waals surface area contributed by atoms with Crippen LogP contribution in [0, 0.1) is 11.3 Å². The lowest BCUT2D eigenvalue weighted by molar-refractivity contribution is -0.725. The van der Waals surface area contributed by atoms with Crippen molar-refractivity contribution in [2.75, 3.05) is 25.3 Å². The first kappa shape index (κ1) is 43.4. The summed E-state index contributed by atoms with van der Waals surface area (Å²) in [7, 11) is 2.90. The lowest BCUT2D eigenvalue weighted by Gasteiger charge is -2.49. The average Bonchev–Trinajstić information content (AvgIpc) is 3.98. The van der Waals surface area contributed by atoms with Gasteiger partial charge < -0.3 is 24.9 Å².